The van der Waals surface area contributed by atoms with Crippen LogP contribution < -0.4 is 5.32 Å². The predicted octanol–water partition coefficient (Wildman–Crippen LogP) is 2.56. The zero-order chi connectivity index (χ0) is 15.4. The van der Waals surface area contributed by atoms with Gasteiger partial charge >= 0.3 is 12.0 Å². The summed E-state index contributed by atoms with van der Waals surface area (Å²) in [5, 5.41) is 12.6. The normalized spacial score (nSPS) is 29.0. The Bertz CT molecular complexity index is 385. The Labute approximate surface area is 130 Å². The number of thioether (sulfide) groups is 1. The molecular formula is C15H26N2O3S. The van der Waals surface area contributed by atoms with Crippen molar-refractivity contribution in [2.24, 2.45) is 5.92 Å². The molecule has 21 heavy (non-hydrogen) atoms. The first-order chi connectivity index (χ1) is 10.0. The lowest BCUT2D eigenvalue weighted by Gasteiger charge is -2.38. The van der Waals surface area contributed by atoms with Crippen LogP contribution >= 0.6 is 11.8 Å². The second kappa shape index (κ2) is 7.38. The van der Waals surface area contributed by atoms with Crippen LogP contribution in [0.1, 0.15) is 46.0 Å². The zero-order valence-electron chi connectivity index (χ0n) is 12.9. The molecule has 3 unspecified atom stereocenters. The van der Waals surface area contributed by atoms with Crippen LogP contribution in [-0.4, -0.2) is 51.6 Å². The van der Waals surface area contributed by atoms with E-state index in [1.54, 1.807) is 4.90 Å². The summed E-state index contributed by atoms with van der Waals surface area (Å²) in [5.41, 5.74) is 0. The van der Waals surface area contributed by atoms with Gasteiger partial charge in [0.25, 0.3) is 0 Å². The highest BCUT2D eigenvalue weighted by Gasteiger charge is 2.34. The highest BCUT2D eigenvalue weighted by atomic mass is 32.2. The molecule has 0 bridgehead atoms. The van der Waals surface area contributed by atoms with Crippen molar-refractivity contribution >= 4 is 23.8 Å². The van der Waals surface area contributed by atoms with Crippen LogP contribution in [0, 0.1) is 5.92 Å². The Morgan fingerprint density at radius 1 is 1.24 bits per heavy atom. The van der Waals surface area contributed by atoms with Crippen molar-refractivity contribution in [3.05, 3.63) is 0 Å². The van der Waals surface area contributed by atoms with Gasteiger partial charge in [-0.15, -0.1) is 0 Å². The van der Waals surface area contributed by atoms with Crippen LogP contribution in [0.3, 0.4) is 0 Å². The number of hydrogen-bond donors (Lipinski definition) is 2. The third-order valence-electron chi connectivity index (χ3n) is 4.81. The van der Waals surface area contributed by atoms with Gasteiger partial charge < -0.3 is 15.3 Å². The van der Waals surface area contributed by atoms with Gasteiger partial charge in [-0.1, -0.05) is 26.2 Å². The molecule has 0 radical (unpaired) electrons. The highest BCUT2D eigenvalue weighted by molar-refractivity contribution is 8.00. The van der Waals surface area contributed by atoms with Crippen LogP contribution in [0.2, 0.25) is 0 Å². The second-order valence-electron chi connectivity index (χ2n) is 6.17. The van der Waals surface area contributed by atoms with E-state index in [4.69, 9.17) is 0 Å². The monoisotopic (exact) mass is 314 g/mol. The van der Waals surface area contributed by atoms with Crippen molar-refractivity contribution in [3.8, 4) is 0 Å². The van der Waals surface area contributed by atoms with Crippen LogP contribution in [0.15, 0.2) is 0 Å². The van der Waals surface area contributed by atoms with E-state index >= 15 is 0 Å². The van der Waals surface area contributed by atoms with Crippen LogP contribution in [-0.2, 0) is 4.79 Å². The maximum absolute atomic E-state index is 12.5. The first-order valence-electron chi connectivity index (χ1n) is 7.92. The Morgan fingerprint density at radius 3 is 2.52 bits per heavy atom. The molecule has 2 rings (SSSR count). The first-order valence-corrected chi connectivity index (χ1v) is 8.97. The molecule has 1 saturated heterocycles. The molecule has 2 N–H and O–H groups in total. The van der Waals surface area contributed by atoms with E-state index in [2.05, 4.69) is 12.2 Å². The molecule has 5 nitrogen and oxygen atoms in total. The lowest BCUT2D eigenvalue weighted by molar-refractivity contribution is -0.141. The van der Waals surface area contributed by atoms with E-state index in [1.165, 1.54) is 6.42 Å². The van der Waals surface area contributed by atoms with Crippen LogP contribution in [0.25, 0.3) is 0 Å². The van der Waals surface area contributed by atoms with Gasteiger partial charge in [0.2, 0.25) is 0 Å². The fraction of sp³-hybridized carbons (Fsp3) is 0.867. The summed E-state index contributed by atoms with van der Waals surface area (Å²) in [4.78, 5) is 25.8. The molecule has 0 spiro atoms. The van der Waals surface area contributed by atoms with Gasteiger partial charge in [0.05, 0.1) is 0 Å². The highest BCUT2D eigenvalue weighted by Crippen LogP contribution is 2.28. The largest absolute Gasteiger partial charge is 0.480 e. The number of nitrogens with zero attached hydrogens (tertiary/aromatic N) is 1. The molecule has 0 aromatic rings. The molecule has 1 aliphatic carbocycles. The third-order valence-corrected chi connectivity index (χ3v) is 6.15. The summed E-state index contributed by atoms with van der Waals surface area (Å²) in [7, 11) is 0. The van der Waals surface area contributed by atoms with Crippen molar-refractivity contribution in [2.45, 2.75) is 63.3 Å². The Balaban J connectivity index is 1.99. The number of aliphatic carboxylic acids is 1. The number of carboxylic acid groups (broad SMARTS) is 1. The average molecular weight is 314 g/mol. The summed E-state index contributed by atoms with van der Waals surface area (Å²) in [6.45, 7) is 4.84. The van der Waals surface area contributed by atoms with Crippen molar-refractivity contribution < 1.29 is 14.7 Å². The summed E-state index contributed by atoms with van der Waals surface area (Å²) in [5.74, 6) is 0.0922. The first kappa shape index (κ1) is 16.5. The molecule has 1 aliphatic heterocycles. The molecule has 2 fully saturated rings. The van der Waals surface area contributed by atoms with Gasteiger partial charge in [-0.2, -0.15) is 11.8 Å². The topological polar surface area (TPSA) is 69.6 Å². The van der Waals surface area contributed by atoms with Gasteiger partial charge in [0, 0.05) is 23.6 Å². The van der Waals surface area contributed by atoms with E-state index in [1.807, 2.05) is 18.7 Å². The molecule has 120 valence electrons. The number of nitrogens with one attached hydrogen (secondary N) is 1. The summed E-state index contributed by atoms with van der Waals surface area (Å²) < 4.78 is 0. The predicted molar refractivity (Wildman–Crippen MR) is 84.6 cm³/mol. The SMILES string of the molecule is CC1SCCN(C(=O)NC(C(=O)O)C2CCCCC2)C1C. The minimum Gasteiger partial charge on any atom is -0.480 e. The Morgan fingerprint density at radius 2 is 1.90 bits per heavy atom. The molecule has 2 aliphatic rings. The van der Waals surface area contributed by atoms with Gasteiger partial charge in [-0.25, -0.2) is 9.59 Å². The van der Waals surface area contributed by atoms with Gasteiger partial charge in [-0.3, -0.25) is 0 Å². The van der Waals surface area contributed by atoms with Gasteiger partial charge in [0.15, 0.2) is 0 Å². The summed E-state index contributed by atoms with van der Waals surface area (Å²) >= 11 is 1.86. The molecule has 2 amide bonds. The molecule has 3 atom stereocenters. The Hall–Kier alpha value is -0.910. The molecule has 0 aromatic carbocycles. The van der Waals surface area contributed by atoms with Crippen molar-refractivity contribution in [2.75, 3.05) is 12.3 Å². The number of carbonyl (C=O) groups is 2. The minimum absolute atomic E-state index is 0.0760. The third kappa shape index (κ3) is 4.05. The number of carbonyl (C=O) groups excluding carboxylic acids is 1. The zero-order valence-corrected chi connectivity index (χ0v) is 13.7. The average Bonchev–Trinajstić information content (AvgIpc) is 2.48. The maximum Gasteiger partial charge on any atom is 0.326 e. The number of rotatable bonds is 3. The van der Waals surface area contributed by atoms with Gasteiger partial charge in [0.1, 0.15) is 6.04 Å². The number of urea groups is 1. The minimum atomic E-state index is -0.901. The quantitative estimate of drug-likeness (QED) is 0.840. The molecular weight excluding hydrogens is 288 g/mol. The fourth-order valence-corrected chi connectivity index (χ4v) is 4.38. The van der Waals surface area contributed by atoms with Crippen molar-refractivity contribution in [3.63, 3.8) is 0 Å². The smallest absolute Gasteiger partial charge is 0.326 e. The van der Waals surface area contributed by atoms with E-state index in [-0.39, 0.29) is 18.0 Å². The standard InChI is InChI=1S/C15H26N2O3S/c1-10-11(2)21-9-8-17(10)15(20)16-13(14(18)19)12-6-4-3-5-7-12/h10-13H,3-9H2,1-2H3,(H,16,20)(H,18,19). The van der Waals surface area contributed by atoms with Crippen LogP contribution in [0.4, 0.5) is 4.79 Å². The lowest BCUT2D eigenvalue weighted by Crippen LogP contribution is -2.56. The van der Waals surface area contributed by atoms with E-state index in [9.17, 15) is 14.7 Å². The number of carboxylic acids is 1. The second-order valence-corrected chi connectivity index (χ2v) is 7.66. The number of hydrogen-bond acceptors (Lipinski definition) is 3. The Kier molecular flexibility index (Phi) is 5.79. The summed E-state index contributed by atoms with van der Waals surface area (Å²) in [6.07, 6.45) is 5.11. The lowest BCUT2D eigenvalue weighted by atomic mass is 9.84. The number of amides is 2. The summed E-state index contributed by atoms with van der Waals surface area (Å²) in [6, 6.07) is -0.813. The van der Waals surface area contributed by atoms with E-state index in [0.29, 0.717) is 11.8 Å². The molecule has 0 aromatic heterocycles. The van der Waals surface area contributed by atoms with Gasteiger partial charge in [-0.05, 0) is 25.7 Å². The van der Waals surface area contributed by atoms with Crippen molar-refractivity contribution in [1.82, 2.24) is 10.2 Å². The van der Waals surface area contributed by atoms with E-state index in [0.717, 1.165) is 31.4 Å². The fourth-order valence-electron chi connectivity index (χ4n) is 3.28. The molecule has 1 saturated carbocycles. The molecule has 6 heteroatoms. The van der Waals surface area contributed by atoms with Crippen molar-refractivity contribution in [1.29, 1.82) is 0 Å². The molecule has 1 heterocycles. The van der Waals surface area contributed by atoms with E-state index < -0.39 is 12.0 Å². The van der Waals surface area contributed by atoms with Crippen LogP contribution in [0.5, 0.6) is 0 Å². The maximum atomic E-state index is 12.5.